The molecule has 8 heteroatoms. The van der Waals surface area contributed by atoms with E-state index in [1.807, 2.05) is 0 Å². The van der Waals surface area contributed by atoms with Gasteiger partial charge in [-0.1, -0.05) is 36.4 Å². The van der Waals surface area contributed by atoms with E-state index in [1.54, 1.807) is 0 Å². The highest BCUT2D eigenvalue weighted by Gasteiger charge is 2.33. The van der Waals surface area contributed by atoms with Crippen LogP contribution in [0.25, 0.3) is 0 Å². The third kappa shape index (κ3) is 5.22. The molecular weight excluding hydrogens is 338 g/mol. The second-order valence-corrected chi connectivity index (χ2v) is 4.41. The first-order valence-electron chi connectivity index (χ1n) is 6.34. The Morgan fingerprint density at radius 3 is 1.08 bits per heavy atom. The molecule has 0 bridgehead atoms. The fourth-order valence-electron chi connectivity index (χ4n) is 1.72. The van der Waals surface area contributed by atoms with Crippen molar-refractivity contribution >= 4 is 12.6 Å². The van der Waals surface area contributed by atoms with Crippen molar-refractivity contribution in [2.45, 2.75) is 12.4 Å². The van der Waals surface area contributed by atoms with E-state index in [1.165, 1.54) is 24.3 Å². The number of alkyl halides is 6. The smallest absolute Gasteiger partial charge is 0.298 e. The zero-order valence-electron chi connectivity index (χ0n) is 11.9. The van der Waals surface area contributed by atoms with Crippen LogP contribution in [0.2, 0.25) is 0 Å². The monoisotopic (exact) mass is 348 g/mol. The van der Waals surface area contributed by atoms with Gasteiger partial charge in [0.05, 0.1) is 11.1 Å². The Morgan fingerprint density at radius 1 is 0.583 bits per heavy atom. The number of halogens is 6. The Balaban J connectivity index is 0.000000240. The second kappa shape index (κ2) is 7.76. The molecular formula is C16H10F6O2. The molecule has 0 aliphatic heterocycles. The van der Waals surface area contributed by atoms with Gasteiger partial charge in [0, 0.05) is 11.1 Å². The number of benzene rings is 2. The van der Waals surface area contributed by atoms with E-state index in [0.29, 0.717) is 0 Å². The van der Waals surface area contributed by atoms with Gasteiger partial charge in [-0.2, -0.15) is 26.3 Å². The first kappa shape index (κ1) is 19.4. The van der Waals surface area contributed by atoms with Crippen molar-refractivity contribution in [1.82, 2.24) is 0 Å². The Kier molecular flexibility index (Phi) is 6.27. The lowest BCUT2D eigenvalue weighted by atomic mass is 10.1. The number of carbonyl (C=O) groups is 2. The Bertz CT molecular complexity index is 643. The third-order valence-electron chi connectivity index (χ3n) is 2.79. The van der Waals surface area contributed by atoms with Gasteiger partial charge in [-0.3, -0.25) is 9.59 Å². The van der Waals surface area contributed by atoms with Crippen molar-refractivity contribution in [1.29, 1.82) is 0 Å². The summed E-state index contributed by atoms with van der Waals surface area (Å²) in [7, 11) is 0. The molecule has 0 amide bonds. The van der Waals surface area contributed by atoms with Crippen LogP contribution in [-0.4, -0.2) is 12.6 Å². The molecule has 0 spiro atoms. The van der Waals surface area contributed by atoms with Gasteiger partial charge in [-0.05, 0) is 12.1 Å². The van der Waals surface area contributed by atoms with Crippen molar-refractivity contribution in [3.63, 3.8) is 0 Å². The molecule has 0 saturated heterocycles. The lowest BCUT2D eigenvalue weighted by Crippen LogP contribution is -2.08. The van der Waals surface area contributed by atoms with E-state index in [-0.39, 0.29) is 23.7 Å². The minimum Gasteiger partial charge on any atom is -0.298 e. The normalized spacial score (nSPS) is 11.2. The summed E-state index contributed by atoms with van der Waals surface area (Å²) < 4.78 is 72.5. The van der Waals surface area contributed by atoms with Crippen LogP contribution >= 0.6 is 0 Å². The van der Waals surface area contributed by atoms with Gasteiger partial charge in [0.2, 0.25) is 0 Å². The maximum atomic E-state index is 12.1. The summed E-state index contributed by atoms with van der Waals surface area (Å²) >= 11 is 0. The Labute approximate surface area is 132 Å². The lowest BCUT2D eigenvalue weighted by Gasteiger charge is -2.07. The van der Waals surface area contributed by atoms with E-state index in [9.17, 15) is 35.9 Å². The van der Waals surface area contributed by atoms with Crippen molar-refractivity contribution in [2.24, 2.45) is 0 Å². The van der Waals surface area contributed by atoms with E-state index in [4.69, 9.17) is 0 Å². The number of hydrogen-bond donors (Lipinski definition) is 0. The highest BCUT2D eigenvalue weighted by atomic mass is 19.4. The molecule has 24 heavy (non-hydrogen) atoms. The largest absolute Gasteiger partial charge is 0.417 e. The molecule has 0 radical (unpaired) electrons. The molecule has 0 atom stereocenters. The molecule has 0 N–H and O–H groups in total. The van der Waals surface area contributed by atoms with Crippen LogP contribution in [0.4, 0.5) is 26.3 Å². The first-order chi connectivity index (χ1) is 11.1. The molecule has 0 fully saturated rings. The summed E-state index contributed by atoms with van der Waals surface area (Å²) in [6.45, 7) is 0. The van der Waals surface area contributed by atoms with Gasteiger partial charge < -0.3 is 0 Å². The van der Waals surface area contributed by atoms with Crippen LogP contribution in [0.5, 0.6) is 0 Å². The number of carbonyl (C=O) groups excluding carboxylic acids is 2. The predicted molar refractivity (Wildman–Crippen MR) is 73.7 cm³/mol. The maximum Gasteiger partial charge on any atom is 0.417 e. The van der Waals surface area contributed by atoms with E-state index < -0.39 is 23.5 Å². The van der Waals surface area contributed by atoms with E-state index in [2.05, 4.69) is 0 Å². The highest BCUT2D eigenvalue weighted by Crippen LogP contribution is 2.31. The Hall–Kier alpha value is -2.64. The van der Waals surface area contributed by atoms with Gasteiger partial charge >= 0.3 is 12.4 Å². The lowest BCUT2D eigenvalue weighted by molar-refractivity contribution is -0.138. The average Bonchev–Trinajstić information content (AvgIpc) is 2.53. The number of aldehydes is 2. The number of hydrogen-bond acceptors (Lipinski definition) is 2. The summed E-state index contributed by atoms with van der Waals surface area (Å²) in [5.41, 5.74) is -2.44. The van der Waals surface area contributed by atoms with Crippen LogP contribution in [0, 0.1) is 0 Å². The van der Waals surface area contributed by atoms with Crippen LogP contribution < -0.4 is 0 Å². The minimum absolute atomic E-state index is 0.197. The standard InChI is InChI=1S/2C8H5F3O/c2*9-8(10,11)7-4-2-1-3-6(7)5-12/h2*1-5H. The van der Waals surface area contributed by atoms with Gasteiger partial charge in [0.25, 0.3) is 0 Å². The summed E-state index contributed by atoms with van der Waals surface area (Å²) in [6, 6.07) is 9.29. The predicted octanol–water partition coefficient (Wildman–Crippen LogP) is 5.04. The average molecular weight is 348 g/mol. The molecule has 2 nitrogen and oxygen atoms in total. The molecule has 2 aromatic rings. The molecule has 2 aromatic carbocycles. The minimum atomic E-state index is -4.45. The van der Waals surface area contributed by atoms with Crippen LogP contribution in [0.3, 0.4) is 0 Å². The molecule has 2 rings (SSSR count). The molecule has 0 aromatic heterocycles. The zero-order valence-corrected chi connectivity index (χ0v) is 11.9. The zero-order chi connectivity index (χ0) is 18.4. The SMILES string of the molecule is O=Cc1ccccc1C(F)(F)F.O=Cc1ccccc1C(F)(F)F. The van der Waals surface area contributed by atoms with Crippen LogP contribution in [0.1, 0.15) is 31.8 Å². The quantitative estimate of drug-likeness (QED) is 0.563. The topological polar surface area (TPSA) is 34.1 Å². The van der Waals surface area contributed by atoms with Crippen molar-refractivity contribution < 1.29 is 35.9 Å². The third-order valence-corrected chi connectivity index (χ3v) is 2.79. The van der Waals surface area contributed by atoms with Gasteiger partial charge in [-0.25, -0.2) is 0 Å². The summed E-state index contributed by atoms with van der Waals surface area (Å²) in [4.78, 5) is 20.3. The number of rotatable bonds is 2. The maximum absolute atomic E-state index is 12.1. The van der Waals surface area contributed by atoms with Crippen LogP contribution in [0.15, 0.2) is 48.5 Å². The van der Waals surface area contributed by atoms with Crippen molar-refractivity contribution in [2.75, 3.05) is 0 Å². The molecule has 0 saturated carbocycles. The first-order valence-corrected chi connectivity index (χ1v) is 6.34. The summed E-state index contributed by atoms with van der Waals surface area (Å²) in [5.74, 6) is 0. The van der Waals surface area contributed by atoms with Crippen molar-refractivity contribution in [3.05, 3.63) is 70.8 Å². The molecule has 0 aliphatic rings. The fraction of sp³-hybridized carbons (Fsp3) is 0.125. The molecule has 0 aliphatic carbocycles. The van der Waals surface area contributed by atoms with E-state index in [0.717, 1.165) is 24.3 Å². The van der Waals surface area contributed by atoms with Crippen LogP contribution in [-0.2, 0) is 12.4 Å². The van der Waals surface area contributed by atoms with Gasteiger partial charge in [-0.15, -0.1) is 0 Å². The fourth-order valence-corrected chi connectivity index (χ4v) is 1.72. The summed E-state index contributed by atoms with van der Waals surface area (Å²) in [6.07, 6.45) is -8.50. The Morgan fingerprint density at radius 2 is 0.875 bits per heavy atom. The van der Waals surface area contributed by atoms with Gasteiger partial charge in [0.1, 0.15) is 0 Å². The summed E-state index contributed by atoms with van der Waals surface area (Å²) in [5, 5.41) is 0. The molecule has 0 heterocycles. The second-order valence-electron chi connectivity index (χ2n) is 4.41. The van der Waals surface area contributed by atoms with E-state index >= 15 is 0 Å². The van der Waals surface area contributed by atoms with Crippen molar-refractivity contribution in [3.8, 4) is 0 Å². The van der Waals surface area contributed by atoms with Gasteiger partial charge in [0.15, 0.2) is 12.6 Å². The highest BCUT2D eigenvalue weighted by molar-refractivity contribution is 5.77. The molecule has 128 valence electrons. The molecule has 0 unspecified atom stereocenters.